The van der Waals surface area contributed by atoms with Crippen LogP contribution in [-0.2, 0) is 11.2 Å². The highest BCUT2D eigenvalue weighted by Gasteiger charge is 2.20. The molecule has 0 fully saturated rings. The zero-order valence-corrected chi connectivity index (χ0v) is 11.7. The van der Waals surface area contributed by atoms with Crippen LogP contribution < -0.4 is 5.73 Å². The Morgan fingerprint density at radius 2 is 2.06 bits per heavy atom. The number of esters is 1. The van der Waals surface area contributed by atoms with E-state index < -0.39 is 0 Å². The molecule has 1 aromatic rings. The van der Waals surface area contributed by atoms with Gasteiger partial charge >= 0.3 is 5.97 Å². The summed E-state index contributed by atoms with van der Waals surface area (Å²) in [5.41, 5.74) is 7.58. The molecule has 3 nitrogen and oxygen atoms in total. The van der Waals surface area contributed by atoms with Crippen molar-refractivity contribution >= 4 is 22.3 Å². The predicted molar refractivity (Wildman–Crippen MR) is 72.7 cm³/mol. The maximum absolute atomic E-state index is 11.8. The lowest BCUT2D eigenvalue weighted by Crippen LogP contribution is -2.09. The van der Waals surface area contributed by atoms with Gasteiger partial charge in [-0.1, -0.05) is 19.8 Å². The second kappa shape index (κ2) is 6.64. The molecule has 1 rings (SSSR count). The van der Waals surface area contributed by atoms with Crippen molar-refractivity contribution in [3.05, 3.63) is 16.0 Å². The first-order valence-electron chi connectivity index (χ1n) is 6.16. The Labute approximate surface area is 107 Å². The van der Waals surface area contributed by atoms with E-state index in [4.69, 9.17) is 10.5 Å². The molecule has 4 heteroatoms. The van der Waals surface area contributed by atoms with Gasteiger partial charge in [0.2, 0.25) is 0 Å². The summed E-state index contributed by atoms with van der Waals surface area (Å²) in [4.78, 5) is 13.0. The fraction of sp³-hybridized carbons (Fsp3) is 0.615. The van der Waals surface area contributed by atoms with Gasteiger partial charge in [-0.15, -0.1) is 11.3 Å². The second-order valence-corrected chi connectivity index (χ2v) is 5.31. The zero-order chi connectivity index (χ0) is 12.8. The molecule has 0 amide bonds. The number of aryl methyl sites for hydroxylation is 1. The van der Waals surface area contributed by atoms with Crippen LogP contribution in [0.25, 0.3) is 0 Å². The molecule has 96 valence electrons. The van der Waals surface area contributed by atoms with Crippen LogP contribution in [0.1, 0.15) is 53.9 Å². The summed E-state index contributed by atoms with van der Waals surface area (Å²) in [6, 6.07) is 0. The number of hydrogen-bond acceptors (Lipinski definition) is 4. The maximum atomic E-state index is 11.8. The SMILES string of the molecule is CCCCCc1c(C)sc(N)c1C(=O)OCC. The third kappa shape index (κ3) is 3.46. The number of nitrogens with two attached hydrogens (primary N) is 1. The minimum absolute atomic E-state index is 0.277. The number of rotatable bonds is 6. The topological polar surface area (TPSA) is 52.3 Å². The highest BCUT2D eigenvalue weighted by molar-refractivity contribution is 7.16. The van der Waals surface area contributed by atoms with E-state index in [-0.39, 0.29) is 5.97 Å². The Hall–Kier alpha value is -1.03. The highest BCUT2D eigenvalue weighted by atomic mass is 32.1. The number of nitrogen functional groups attached to an aromatic ring is 1. The lowest BCUT2D eigenvalue weighted by atomic mass is 10.0. The molecule has 0 aliphatic rings. The molecule has 0 aliphatic carbocycles. The van der Waals surface area contributed by atoms with Crippen LogP contribution in [0.5, 0.6) is 0 Å². The Morgan fingerprint density at radius 1 is 1.35 bits per heavy atom. The van der Waals surface area contributed by atoms with Crippen LogP contribution in [0.3, 0.4) is 0 Å². The van der Waals surface area contributed by atoms with Crippen molar-refractivity contribution in [2.24, 2.45) is 0 Å². The van der Waals surface area contributed by atoms with Gasteiger partial charge in [-0.05, 0) is 32.3 Å². The van der Waals surface area contributed by atoms with E-state index in [2.05, 4.69) is 6.92 Å². The molecule has 1 aromatic heterocycles. The van der Waals surface area contributed by atoms with Gasteiger partial charge in [0.1, 0.15) is 5.00 Å². The molecule has 0 saturated heterocycles. The van der Waals surface area contributed by atoms with E-state index in [1.165, 1.54) is 24.2 Å². The van der Waals surface area contributed by atoms with E-state index in [0.29, 0.717) is 17.2 Å². The quantitative estimate of drug-likeness (QED) is 0.624. The molecule has 0 radical (unpaired) electrons. The number of unbranched alkanes of at least 4 members (excludes halogenated alkanes) is 2. The van der Waals surface area contributed by atoms with Gasteiger partial charge in [-0.2, -0.15) is 0 Å². The third-order valence-corrected chi connectivity index (χ3v) is 3.72. The van der Waals surface area contributed by atoms with Crippen molar-refractivity contribution in [1.29, 1.82) is 0 Å². The Morgan fingerprint density at radius 3 is 2.65 bits per heavy atom. The van der Waals surface area contributed by atoms with Crippen LogP contribution in [0, 0.1) is 6.92 Å². The molecular formula is C13H21NO2S. The van der Waals surface area contributed by atoms with Crippen LogP contribution in [0.2, 0.25) is 0 Å². The van der Waals surface area contributed by atoms with Gasteiger partial charge in [-0.25, -0.2) is 4.79 Å². The van der Waals surface area contributed by atoms with Gasteiger partial charge in [0.05, 0.1) is 12.2 Å². The summed E-state index contributed by atoms with van der Waals surface area (Å²) in [7, 11) is 0. The number of thiophene rings is 1. The summed E-state index contributed by atoms with van der Waals surface area (Å²) in [6.07, 6.45) is 4.37. The molecule has 2 N–H and O–H groups in total. The minimum atomic E-state index is -0.277. The van der Waals surface area contributed by atoms with Crippen molar-refractivity contribution < 1.29 is 9.53 Å². The van der Waals surface area contributed by atoms with Crippen molar-refractivity contribution in [1.82, 2.24) is 0 Å². The monoisotopic (exact) mass is 255 g/mol. The van der Waals surface area contributed by atoms with Crippen molar-refractivity contribution in [3.63, 3.8) is 0 Å². The summed E-state index contributed by atoms with van der Waals surface area (Å²) < 4.78 is 5.06. The fourth-order valence-corrected chi connectivity index (χ4v) is 2.85. The van der Waals surface area contributed by atoms with E-state index in [1.807, 2.05) is 13.8 Å². The Bertz CT molecular complexity index is 385. The lowest BCUT2D eigenvalue weighted by Gasteiger charge is -2.06. The molecule has 17 heavy (non-hydrogen) atoms. The molecule has 0 bridgehead atoms. The molecule has 1 heterocycles. The zero-order valence-electron chi connectivity index (χ0n) is 10.8. The van der Waals surface area contributed by atoms with Gasteiger partial charge in [0, 0.05) is 4.88 Å². The molecule has 0 saturated carbocycles. The second-order valence-electron chi connectivity index (χ2n) is 4.05. The summed E-state index contributed by atoms with van der Waals surface area (Å²) in [5.74, 6) is -0.277. The fourth-order valence-electron chi connectivity index (χ4n) is 1.88. The lowest BCUT2D eigenvalue weighted by molar-refractivity contribution is 0.0527. The first-order chi connectivity index (χ1) is 8.11. The van der Waals surface area contributed by atoms with Gasteiger partial charge < -0.3 is 10.5 Å². The van der Waals surface area contributed by atoms with E-state index >= 15 is 0 Å². The summed E-state index contributed by atoms with van der Waals surface area (Å²) in [5, 5.41) is 0.590. The first-order valence-corrected chi connectivity index (χ1v) is 6.98. The van der Waals surface area contributed by atoms with Crippen molar-refractivity contribution in [2.45, 2.75) is 46.5 Å². The number of carbonyl (C=O) groups is 1. The minimum Gasteiger partial charge on any atom is -0.462 e. The largest absolute Gasteiger partial charge is 0.462 e. The summed E-state index contributed by atoms with van der Waals surface area (Å²) in [6.45, 7) is 6.39. The van der Waals surface area contributed by atoms with Gasteiger partial charge in [0.25, 0.3) is 0 Å². The maximum Gasteiger partial charge on any atom is 0.341 e. The predicted octanol–water partition coefficient (Wildman–Crippen LogP) is 3.55. The standard InChI is InChI=1S/C13H21NO2S/c1-4-6-7-8-10-9(3)17-12(14)11(10)13(15)16-5-2/h4-8,14H2,1-3H3. The van der Waals surface area contributed by atoms with E-state index in [0.717, 1.165) is 23.3 Å². The smallest absolute Gasteiger partial charge is 0.341 e. The Kier molecular flexibility index (Phi) is 5.48. The highest BCUT2D eigenvalue weighted by Crippen LogP contribution is 2.32. The molecule has 0 atom stereocenters. The van der Waals surface area contributed by atoms with Gasteiger partial charge in [-0.3, -0.25) is 0 Å². The van der Waals surface area contributed by atoms with Crippen molar-refractivity contribution in [2.75, 3.05) is 12.3 Å². The average molecular weight is 255 g/mol. The Balaban J connectivity index is 2.89. The average Bonchev–Trinajstić information content (AvgIpc) is 2.54. The van der Waals surface area contributed by atoms with Crippen molar-refractivity contribution in [3.8, 4) is 0 Å². The normalized spacial score (nSPS) is 10.5. The number of carbonyl (C=O) groups excluding carboxylic acids is 1. The van der Waals surface area contributed by atoms with Crippen LogP contribution in [-0.4, -0.2) is 12.6 Å². The van der Waals surface area contributed by atoms with Crippen LogP contribution >= 0.6 is 11.3 Å². The summed E-state index contributed by atoms with van der Waals surface area (Å²) >= 11 is 1.49. The van der Waals surface area contributed by atoms with E-state index in [9.17, 15) is 4.79 Å². The molecule has 0 spiro atoms. The third-order valence-electron chi connectivity index (χ3n) is 2.75. The molecule has 0 unspecified atom stereocenters. The molecule has 0 aromatic carbocycles. The first kappa shape index (κ1) is 14.0. The number of ether oxygens (including phenoxy) is 1. The number of hydrogen-bond donors (Lipinski definition) is 1. The van der Waals surface area contributed by atoms with Crippen LogP contribution in [0.4, 0.5) is 5.00 Å². The van der Waals surface area contributed by atoms with Gasteiger partial charge in [0.15, 0.2) is 0 Å². The number of anilines is 1. The van der Waals surface area contributed by atoms with Crippen LogP contribution in [0.15, 0.2) is 0 Å². The molecule has 0 aliphatic heterocycles. The van der Waals surface area contributed by atoms with E-state index in [1.54, 1.807) is 0 Å². The molecular weight excluding hydrogens is 234 g/mol.